The van der Waals surface area contributed by atoms with Crippen LogP contribution in [0.4, 0.5) is 5.69 Å². The van der Waals surface area contributed by atoms with E-state index < -0.39 is 16.1 Å². The summed E-state index contributed by atoms with van der Waals surface area (Å²) in [5.74, 6) is -0.215. The Bertz CT molecular complexity index is 1770. The van der Waals surface area contributed by atoms with Crippen molar-refractivity contribution in [2.75, 3.05) is 11.9 Å². The van der Waals surface area contributed by atoms with Crippen molar-refractivity contribution in [1.29, 1.82) is 0 Å². The SMILES string of the molecule is CN1C(=O)/C(=C/c2nccs2)c2cc(S(=O)(=O)N(Cc3cnccn3)C(c3ccccc3)c3ccccc3)ccc21. The lowest BCUT2D eigenvalue weighted by Crippen LogP contribution is -2.35. The first kappa shape index (κ1) is 26.7. The Balaban J connectivity index is 1.52. The van der Waals surface area contributed by atoms with Crippen LogP contribution in [0.15, 0.2) is 114 Å². The second kappa shape index (κ2) is 11.2. The monoisotopic (exact) mass is 579 g/mol. The van der Waals surface area contributed by atoms with E-state index in [1.54, 1.807) is 56.1 Å². The van der Waals surface area contributed by atoms with Gasteiger partial charge in [-0.2, -0.15) is 4.31 Å². The number of likely N-dealkylation sites (N-methyl/N-ethyl adjacent to an activating group) is 1. The van der Waals surface area contributed by atoms with Crippen LogP contribution >= 0.6 is 11.3 Å². The number of aromatic nitrogens is 3. The van der Waals surface area contributed by atoms with Crippen molar-refractivity contribution in [1.82, 2.24) is 19.3 Å². The normalized spacial score (nSPS) is 14.3. The molecule has 0 saturated carbocycles. The molecular formula is C31H25N5O3S2. The predicted molar refractivity (Wildman–Crippen MR) is 159 cm³/mol. The molecule has 1 amide bonds. The Hall–Kier alpha value is -4.51. The van der Waals surface area contributed by atoms with Crippen LogP contribution in [0.1, 0.15) is 33.4 Å². The Morgan fingerprint density at radius 2 is 1.63 bits per heavy atom. The molecular weight excluding hydrogens is 555 g/mol. The number of hydrogen-bond donors (Lipinski definition) is 0. The molecule has 0 N–H and O–H groups in total. The quantitative estimate of drug-likeness (QED) is 0.228. The number of nitrogens with zero attached hydrogens (tertiary/aromatic N) is 5. The molecule has 5 aromatic rings. The number of benzene rings is 3. The van der Waals surface area contributed by atoms with E-state index in [0.717, 1.165) is 11.1 Å². The summed E-state index contributed by atoms with van der Waals surface area (Å²) in [5, 5.41) is 2.50. The molecule has 1 aliphatic rings. The molecule has 0 fully saturated rings. The molecule has 0 unspecified atom stereocenters. The van der Waals surface area contributed by atoms with Gasteiger partial charge in [-0.3, -0.25) is 14.8 Å². The molecule has 0 aliphatic carbocycles. The van der Waals surface area contributed by atoms with E-state index >= 15 is 0 Å². The maximum atomic E-state index is 14.7. The topological polar surface area (TPSA) is 96.4 Å². The fourth-order valence-electron chi connectivity index (χ4n) is 4.98. The van der Waals surface area contributed by atoms with Gasteiger partial charge in [0.15, 0.2) is 0 Å². The Morgan fingerprint density at radius 3 is 2.24 bits per heavy atom. The van der Waals surface area contributed by atoms with Crippen molar-refractivity contribution in [2.45, 2.75) is 17.5 Å². The summed E-state index contributed by atoms with van der Waals surface area (Å²) in [5.41, 5.74) is 3.72. The first-order valence-electron chi connectivity index (χ1n) is 12.8. The fourth-order valence-corrected chi connectivity index (χ4v) is 7.14. The highest BCUT2D eigenvalue weighted by Crippen LogP contribution is 2.41. The Kier molecular flexibility index (Phi) is 7.27. The summed E-state index contributed by atoms with van der Waals surface area (Å²) in [7, 11) is -2.46. The van der Waals surface area contributed by atoms with Crippen molar-refractivity contribution in [3.8, 4) is 0 Å². The second-order valence-corrected chi connectivity index (χ2v) is 12.3. The lowest BCUT2D eigenvalue weighted by atomic mass is 9.98. The summed E-state index contributed by atoms with van der Waals surface area (Å²) >= 11 is 1.41. The third-order valence-electron chi connectivity index (χ3n) is 6.93. The molecule has 0 saturated heterocycles. The Morgan fingerprint density at radius 1 is 0.927 bits per heavy atom. The molecule has 3 aromatic carbocycles. The summed E-state index contributed by atoms with van der Waals surface area (Å²) in [6.45, 7) is -0.0115. The molecule has 0 atom stereocenters. The number of amides is 1. The van der Waals surface area contributed by atoms with Gasteiger partial charge < -0.3 is 4.90 Å². The van der Waals surface area contributed by atoms with E-state index in [2.05, 4.69) is 15.0 Å². The molecule has 0 spiro atoms. The fraction of sp³-hybridized carbons (Fsp3) is 0.0968. The van der Waals surface area contributed by atoms with E-state index in [1.807, 2.05) is 66.0 Å². The number of carbonyl (C=O) groups excluding carboxylic acids is 1. The second-order valence-electron chi connectivity index (χ2n) is 9.44. The van der Waals surface area contributed by atoms with Crippen molar-refractivity contribution in [2.24, 2.45) is 0 Å². The smallest absolute Gasteiger partial charge is 0.258 e. The van der Waals surface area contributed by atoms with Gasteiger partial charge in [-0.15, -0.1) is 11.3 Å². The van der Waals surface area contributed by atoms with Crippen molar-refractivity contribution in [3.05, 3.63) is 136 Å². The minimum absolute atomic E-state index is 0.0115. The van der Waals surface area contributed by atoms with Crippen LogP contribution in [-0.4, -0.2) is 40.6 Å². The number of rotatable bonds is 8. The van der Waals surface area contributed by atoms with Crippen molar-refractivity contribution < 1.29 is 13.2 Å². The highest BCUT2D eigenvalue weighted by atomic mass is 32.2. The lowest BCUT2D eigenvalue weighted by Gasteiger charge is -2.31. The Labute approximate surface area is 242 Å². The molecule has 10 heteroatoms. The van der Waals surface area contributed by atoms with Gasteiger partial charge in [0.2, 0.25) is 10.0 Å². The highest BCUT2D eigenvalue weighted by molar-refractivity contribution is 7.89. The van der Waals surface area contributed by atoms with Crippen LogP contribution < -0.4 is 4.90 Å². The van der Waals surface area contributed by atoms with Gasteiger partial charge >= 0.3 is 0 Å². The largest absolute Gasteiger partial charge is 0.311 e. The van der Waals surface area contributed by atoms with E-state index in [1.165, 1.54) is 20.5 Å². The van der Waals surface area contributed by atoms with Gasteiger partial charge in [0.1, 0.15) is 5.01 Å². The number of thiazole rings is 1. The molecule has 204 valence electrons. The van der Waals surface area contributed by atoms with Crippen molar-refractivity contribution >= 4 is 44.6 Å². The van der Waals surface area contributed by atoms with E-state index in [0.29, 0.717) is 27.5 Å². The summed E-state index contributed by atoms with van der Waals surface area (Å²) in [6.07, 6.45) is 8.05. The van der Waals surface area contributed by atoms with Crippen LogP contribution in [0.5, 0.6) is 0 Å². The third kappa shape index (κ3) is 5.20. The van der Waals surface area contributed by atoms with Gasteiger partial charge in [0.25, 0.3) is 5.91 Å². The van der Waals surface area contributed by atoms with Gasteiger partial charge in [-0.1, -0.05) is 60.7 Å². The third-order valence-corrected chi connectivity index (χ3v) is 9.46. The first-order chi connectivity index (χ1) is 19.9. The number of hydrogen-bond acceptors (Lipinski definition) is 7. The average Bonchev–Trinajstić information content (AvgIpc) is 3.61. The maximum Gasteiger partial charge on any atom is 0.258 e. The molecule has 3 heterocycles. The van der Waals surface area contributed by atoms with Gasteiger partial charge in [0.05, 0.1) is 34.4 Å². The molecule has 2 aromatic heterocycles. The standard InChI is InChI=1S/C31H25N5O3S2/c1-35-28-13-12-25(18-26(28)27(31(35)37)19-29-34-16-17-40-29)41(38,39)36(21-24-20-32-14-15-33-24)30(22-8-4-2-5-9-22)23-10-6-3-7-11-23/h2-20,30H,21H2,1H3/b27-19+. The van der Waals surface area contributed by atoms with Gasteiger partial charge in [-0.25, -0.2) is 13.4 Å². The average molecular weight is 580 g/mol. The predicted octanol–water partition coefficient (Wildman–Crippen LogP) is 5.43. The molecule has 0 bridgehead atoms. The zero-order valence-corrected chi connectivity index (χ0v) is 23.7. The lowest BCUT2D eigenvalue weighted by molar-refractivity contribution is -0.112. The minimum Gasteiger partial charge on any atom is -0.311 e. The summed E-state index contributed by atoms with van der Waals surface area (Å²) < 4.78 is 30.8. The van der Waals surface area contributed by atoms with E-state index in [-0.39, 0.29) is 17.3 Å². The van der Waals surface area contributed by atoms with Crippen LogP contribution in [0.3, 0.4) is 0 Å². The van der Waals surface area contributed by atoms with Crippen LogP contribution in [0.2, 0.25) is 0 Å². The molecule has 1 aliphatic heterocycles. The number of sulfonamides is 1. The van der Waals surface area contributed by atoms with Gasteiger partial charge in [-0.05, 0) is 35.4 Å². The van der Waals surface area contributed by atoms with E-state index in [9.17, 15) is 13.2 Å². The van der Waals surface area contributed by atoms with Crippen LogP contribution in [0, 0.1) is 0 Å². The molecule has 8 nitrogen and oxygen atoms in total. The number of carbonyl (C=O) groups is 1. The first-order valence-corrected chi connectivity index (χ1v) is 15.2. The molecule has 41 heavy (non-hydrogen) atoms. The molecule has 6 rings (SSSR count). The maximum absolute atomic E-state index is 14.7. The van der Waals surface area contributed by atoms with Crippen LogP contribution in [-0.2, 0) is 21.4 Å². The number of anilines is 1. The summed E-state index contributed by atoms with van der Waals surface area (Å²) in [4.78, 5) is 27.6. The molecule has 0 radical (unpaired) electrons. The van der Waals surface area contributed by atoms with Gasteiger partial charge in [0, 0.05) is 42.8 Å². The van der Waals surface area contributed by atoms with E-state index in [4.69, 9.17) is 0 Å². The zero-order chi connectivity index (χ0) is 28.4. The van der Waals surface area contributed by atoms with Crippen LogP contribution in [0.25, 0.3) is 11.6 Å². The number of fused-ring (bicyclic) bond motifs is 1. The highest BCUT2D eigenvalue weighted by Gasteiger charge is 2.37. The summed E-state index contributed by atoms with van der Waals surface area (Å²) in [6, 6.07) is 23.2. The van der Waals surface area contributed by atoms with Crippen molar-refractivity contribution in [3.63, 3.8) is 0 Å². The zero-order valence-electron chi connectivity index (χ0n) is 22.0. The minimum atomic E-state index is -4.14.